The maximum atomic E-state index is 12.1. The molecule has 2 rings (SSSR count). The largest absolute Gasteiger partial charge is 0.353 e. The van der Waals surface area contributed by atoms with Gasteiger partial charge in [0.1, 0.15) is 0 Å². The third-order valence-corrected chi connectivity index (χ3v) is 5.02. The van der Waals surface area contributed by atoms with Crippen LogP contribution in [0.5, 0.6) is 0 Å². The van der Waals surface area contributed by atoms with Gasteiger partial charge in [0.2, 0.25) is 5.91 Å². The van der Waals surface area contributed by atoms with Crippen molar-refractivity contribution in [2.45, 2.75) is 89.1 Å². The number of amides is 1. The van der Waals surface area contributed by atoms with E-state index in [0.717, 1.165) is 31.6 Å². The summed E-state index contributed by atoms with van der Waals surface area (Å²) < 4.78 is 0. The highest BCUT2D eigenvalue weighted by atomic mass is 16.1. The number of nitrogens with one attached hydrogen (secondary N) is 1. The lowest BCUT2D eigenvalue weighted by atomic mass is 9.83. The Morgan fingerprint density at radius 3 is 2.42 bits per heavy atom. The van der Waals surface area contributed by atoms with E-state index in [0.29, 0.717) is 12.5 Å². The van der Waals surface area contributed by atoms with Crippen LogP contribution in [0.4, 0.5) is 0 Å². The predicted octanol–water partition coefficient (Wildman–Crippen LogP) is 3.12. The van der Waals surface area contributed by atoms with Gasteiger partial charge in [0.25, 0.3) is 0 Å². The fourth-order valence-electron chi connectivity index (χ4n) is 3.86. The molecule has 2 saturated carbocycles. The molecule has 1 amide bonds. The quantitative estimate of drug-likeness (QED) is 0.803. The Morgan fingerprint density at radius 1 is 1.21 bits per heavy atom. The molecule has 0 aliphatic heterocycles. The third-order valence-electron chi connectivity index (χ3n) is 5.02. The summed E-state index contributed by atoms with van der Waals surface area (Å²) >= 11 is 0. The van der Waals surface area contributed by atoms with E-state index in [4.69, 9.17) is 5.73 Å². The smallest absolute Gasteiger partial charge is 0.222 e. The maximum Gasteiger partial charge on any atom is 0.222 e. The molecule has 0 aromatic heterocycles. The number of hydrogen-bond acceptors (Lipinski definition) is 2. The predicted molar refractivity (Wildman–Crippen MR) is 78.8 cm³/mol. The number of carbonyl (C=O) groups is 1. The molecule has 0 bridgehead atoms. The van der Waals surface area contributed by atoms with Crippen molar-refractivity contribution >= 4 is 5.91 Å². The van der Waals surface area contributed by atoms with Crippen LogP contribution in [0, 0.1) is 5.92 Å². The Balaban J connectivity index is 1.69. The van der Waals surface area contributed by atoms with Crippen LogP contribution in [0.25, 0.3) is 0 Å². The zero-order chi connectivity index (χ0) is 13.7. The van der Waals surface area contributed by atoms with Gasteiger partial charge >= 0.3 is 0 Å². The second-order valence-corrected chi connectivity index (χ2v) is 6.82. The van der Waals surface area contributed by atoms with Crippen molar-refractivity contribution in [3.05, 3.63) is 0 Å². The Morgan fingerprint density at radius 2 is 1.84 bits per heavy atom. The molecule has 0 saturated heterocycles. The van der Waals surface area contributed by atoms with Crippen LogP contribution in [0.1, 0.15) is 77.6 Å². The molecule has 2 fully saturated rings. The van der Waals surface area contributed by atoms with Gasteiger partial charge in [-0.15, -0.1) is 0 Å². The summed E-state index contributed by atoms with van der Waals surface area (Å²) in [6, 6.07) is 0.408. The first-order valence-electron chi connectivity index (χ1n) is 8.19. The lowest BCUT2D eigenvalue weighted by Gasteiger charge is -2.30. The topological polar surface area (TPSA) is 55.1 Å². The average Bonchev–Trinajstić information content (AvgIpc) is 2.78. The summed E-state index contributed by atoms with van der Waals surface area (Å²) in [5.41, 5.74) is 6.06. The van der Waals surface area contributed by atoms with Gasteiger partial charge in [0, 0.05) is 18.0 Å². The van der Waals surface area contributed by atoms with E-state index < -0.39 is 0 Å². The summed E-state index contributed by atoms with van der Waals surface area (Å²) in [6.07, 6.45) is 12.5. The molecule has 0 aromatic carbocycles. The van der Waals surface area contributed by atoms with Crippen LogP contribution in [-0.4, -0.2) is 17.5 Å². The van der Waals surface area contributed by atoms with Crippen LogP contribution in [0.15, 0.2) is 0 Å². The molecule has 0 aromatic rings. The zero-order valence-corrected chi connectivity index (χ0v) is 12.4. The summed E-state index contributed by atoms with van der Waals surface area (Å²) in [7, 11) is 0. The minimum Gasteiger partial charge on any atom is -0.353 e. The van der Waals surface area contributed by atoms with E-state index in [-0.39, 0.29) is 11.4 Å². The monoisotopic (exact) mass is 266 g/mol. The van der Waals surface area contributed by atoms with Crippen molar-refractivity contribution in [1.82, 2.24) is 5.32 Å². The molecule has 2 aliphatic carbocycles. The zero-order valence-electron chi connectivity index (χ0n) is 12.4. The van der Waals surface area contributed by atoms with Crippen LogP contribution in [0.2, 0.25) is 0 Å². The van der Waals surface area contributed by atoms with Crippen LogP contribution >= 0.6 is 0 Å². The maximum absolute atomic E-state index is 12.1. The van der Waals surface area contributed by atoms with E-state index in [9.17, 15) is 4.79 Å². The molecule has 3 N–H and O–H groups in total. The normalized spacial score (nSPS) is 30.2. The molecule has 2 aliphatic rings. The van der Waals surface area contributed by atoms with E-state index in [1.54, 1.807) is 0 Å². The summed E-state index contributed by atoms with van der Waals surface area (Å²) in [4.78, 5) is 12.1. The molecule has 0 atom stereocenters. The van der Waals surface area contributed by atoms with Gasteiger partial charge in [-0.25, -0.2) is 0 Å². The Hall–Kier alpha value is -0.570. The van der Waals surface area contributed by atoms with Gasteiger partial charge in [-0.3, -0.25) is 4.79 Å². The summed E-state index contributed by atoms with van der Waals surface area (Å²) in [6.45, 7) is 2.26. The Kier molecular flexibility index (Phi) is 5.26. The lowest BCUT2D eigenvalue weighted by molar-refractivity contribution is -0.123. The van der Waals surface area contributed by atoms with Crippen molar-refractivity contribution < 1.29 is 4.79 Å². The molecule has 3 heteroatoms. The van der Waals surface area contributed by atoms with E-state index in [1.807, 2.05) is 0 Å². The highest BCUT2D eigenvalue weighted by molar-refractivity contribution is 5.77. The molecule has 0 heterocycles. The second kappa shape index (κ2) is 6.74. The van der Waals surface area contributed by atoms with Gasteiger partial charge < -0.3 is 11.1 Å². The van der Waals surface area contributed by atoms with Crippen molar-refractivity contribution in [2.75, 3.05) is 0 Å². The molecular weight excluding hydrogens is 236 g/mol. The SMILES string of the molecule is CCCC1CCC(NC(=O)CC2(N)CCCC2)CC1. The number of carbonyl (C=O) groups excluding carboxylic acids is 1. The molecule has 19 heavy (non-hydrogen) atoms. The molecule has 0 unspecified atom stereocenters. The third kappa shape index (κ3) is 4.48. The first-order chi connectivity index (χ1) is 9.11. The minimum atomic E-state index is -0.205. The first-order valence-corrected chi connectivity index (χ1v) is 8.19. The highest BCUT2D eigenvalue weighted by Crippen LogP contribution is 2.31. The molecule has 3 nitrogen and oxygen atoms in total. The van der Waals surface area contributed by atoms with Crippen molar-refractivity contribution in [2.24, 2.45) is 11.7 Å². The first kappa shape index (κ1) is 14.8. The van der Waals surface area contributed by atoms with Gasteiger partial charge in [-0.2, -0.15) is 0 Å². The van der Waals surface area contributed by atoms with Gasteiger partial charge in [0.15, 0.2) is 0 Å². The summed E-state index contributed by atoms with van der Waals surface area (Å²) in [5.74, 6) is 1.08. The second-order valence-electron chi connectivity index (χ2n) is 6.82. The van der Waals surface area contributed by atoms with Gasteiger partial charge in [-0.1, -0.05) is 32.6 Å². The van der Waals surface area contributed by atoms with Crippen molar-refractivity contribution in [1.29, 1.82) is 0 Å². The fourth-order valence-corrected chi connectivity index (χ4v) is 3.86. The van der Waals surface area contributed by atoms with Crippen molar-refractivity contribution in [3.8, 4) is 0 Å². The molecule has 0 spiro atoms. The summed E-state index contributed by atoms with van der Waals surface area (Å²) in [5, 5.41) is 3.21. The van der Waals surface area contributed by atoms with E-state index in [2.05, 4.69) is 12.2 Å². The van der Waals surface area contributed by atoms with Crippen LogP contribution < -0.4 is 11.1 Å². The standard InChI is InChI=1S/C16H30N2O/c1-2-5-13-6-8-14(9-7-13)18-15(19)12-16(17)10-3-4-11-16/h13-14H,2-12,17H2,1H3,(H,18,19). The van der Waals surface area contributed by atoms with E-state index in [1.165, 1.54) is 38.5 Å². The number of nitrogens with two attached hydrogens (primary N) is 1. The average molecular weight is 266 g/mol. The van der Waals surface area contributed by atoms with Gasteiger partial charge in [-0.05, 0) is 44.4 Å². The molecule has 0 radical (unpaired) electrons. The number of rotatable bonds is 5. The van der Waals surface area contributed by atoms with E-state index >= 15 is 0 Å². The number of hydrogen-bond donors (Lipinski definition) is 2. The molecule has 110 valence electrons. The molecular formula is C16H30N2O. The van der Waals surface area contributed by atoms with Crippen molar-refractivity contribution in [3.63, 3.8) is 0 Å². The lowest BCUT2D eigenvalue weighted by Crippen LogP contribution is -2.45. The Bertz CT molecular complexity index is 289. The van der Waals surface area contributed by atoms with Gasteiger partial charge in [0.05, 0.1) is 0 Å². The minimum absolute atomic E-state index is 0.184. The fraction of sp³-hybridized carbons (Fsp3) is 0.938. The Labute approximate surface area is 117 Å². The highest BCUT2D eigenvalue weighted by Gasteiger charge is 2.32. The van der Waals surface area contributed by atoms with Crippen LogP contribution in [-0.2, 0) is 4.79 Å². The van der Waals surface area contributed by atoms with Crippen LogP contribution in [0.3, 0.4) is 0 Å².